The van der Waals surface area contributed by atoms with Crippen LogP contribution < -0.4 is 19.5 Å². The number of aliphatic hydroxyl groups excluding tert-OH is 2. The van der Waals surface area contributed by atoms with Gasteiger partial charge in [0.15, 0.2) is 16.5 Å². The van der Waals surface area contributed by atoms with Crippen molar-refractivity contribution in [1.29, 1.82) is 0 Å². The second-order valence-electron chi connectivity index (χ2n) is 18.4. The van der Waals surface area contributed by atoms with E-state index < -0.39 is 50.4 Å². The second kappa shape index (κ2) is 25.5. The normalized spacial score (nSPS) is 17.4. The highest BCUT2D eigenvalue weighted by molar-refractivity contribution is 7.92. The molecule has 1 fully saturated rings. The van der Waals surface area contributed by atoms with Crippen LogP contribution in [0.3, 0.4) is 0 Å². The van der Waals surface area contributed by atoms with E-state index in [-0.39, 0.29) is 36.0 Å². The summed E-state index contributed by atoms with van der Waals surface area (Å²) >= 11 is 0. The van der Waals surface area contributed by atoms with E-state index >= 15 is 0 Å². The molecule has 1 amide bonds. The van der Waals surface area contributed by atoms with Gasteiger partial charge in [0.1, 0.15) is 24.1 Å². The molecule has 18 heteroatoms. The predicted molar refractivity (Wildman–Crippen MR) is 274 cm³/mol. The second-order valence-corrected chi connectivity index (χ2v) is 20.1. The molecule has 3 atom stereocenters. The van der Waals surface area contributed by atoms with Gasteiger partial charge in [-0.15, -0.1) is 0 Å². The highest BCUT2D eigenvalue weighted by Crippen LogP contribution is 2.42. The fourth-order valence-corrected chi connectivity index (χ4v) is 10.1. The Labute approximate surface area is 426 Å². The van der Waals surface area contributed by atoms with E-state index in [9.17, 15) is 41.4 Å². The van der Waals surface area contributed by atoms with Gasteiger partial charge < -0.3 is 29.7 Å². The third-order valence-electron chi connectivity index (χ3n) is 12.9. The van der Waals surface area contributed by atoms with Crippen LogP contribution in [0.2, 0.25) is 0 Å². The van der Waals surface area contributed by atoms with Gasteiger partial charge in [0.2, 0.25) is 5.91 Å². The van der Waals surface area contributed by atoms with Crippen LogP contribution in [0, 0.1) is 13.8 Å². The van der Waals surface area contributed by atoms with Crippen molar-refractivity contribution in [3.63, 3.8) is 0 Å². The SMILES string of the molecule is CCC[C@@]1(CCc2ccccc2)CC(O)=C([C@H](CC)c2cccc(NS(=O)(=O)c3ccc(C(F)(F)F)cn3)c2)C(=O)O1.COc1ccccc1OCC(O)CN1CCN(CC(=O)Nc2c(C)cccc2C)CC1. The van der Waals surface area contributed by atoms with Crippen LogP contribution >= 0.6 is 0 Å². The molecule has 73 heavy (non-hydrogen) atoms. The quantitative estimate of drug-likeness (QED) is 0.0544. The number of cyclic esters (lactones) is 1. The Morgan fingerprint density at radius 1 is 0.877 bits per heavy atom. The number of piperazine rings is 1. The van der Waals surface area contributed by atoms with Gasteiger partial charge in [-0.3, -0.25) is 19.3 Å². The molecule has 0 saturated carbocycles. The van der Waals surface area contributed by atoms with Crippen molar-refractivity contribution in [2.24, 2.45) is 0 Å². The molecule has 0 bridgehead atoms. The van der Waals surface area contributed by atoms with Gasteiger partial charge in [0, 0.05) is 62.6 Å². The summed E-state index contributed by atoms with van der Waals surface area (Å²) in [6.07, 6.45) is -1.60. The lowest BCUT2D eigenvalue weighted by atomic mass is 9.80. The molecular formula is C55H66F3N5O9S. The highest BCUT2D eigenvalue weighted by Gasteiger charge is 2.43. The van der Waals surface area contributed by atoms with E-state index in [4.69, 9.17) is 14.2 Å². The molecule has 0 radical (unpaired) electrons. The summed E-state index contributed by atoms with van der Waals surface area (Å²) in [5.41, 5.74) is 3.08. The summed E-state index contributed by atoms with van der Waals surface area (Å²) in [5, 5.41) is 24.1. The number of benzene rings is 4. The number of esters is 1. The number of hydrogen-bond acceptors (Lipinski definition) is 12. The molecule has 5 aromatic rings. The molecule has 7 rings (SSSR count). The van der Waals surface area contributed by atoms with Crippen molar-refractivity contribution in [2.75, 3.05) is 63.0 Å². The van der Waals surface area contributed by atoms with Crippen LogP contribution in [0.25, 0.3) is 0 Å². The average molecular weight is 1030 g/mol. The average Bonchev–Trinajstić information content (AvgIpc) is 3.36. The standard InChI is InChI=1S/C31H33F3N2O5S.C24H33N3O4/c1-3-16-30(17-15-21-9-6-5-7-10-21)19-26(37)28(29(38)41-30)25(4-2)22-11-8-12-24(18-22)36-42(39,40)27-14-13-23(20-35-27)31(32,33)34;1-18-7-6-8-19(2)24(18)25-23(29)16-27-13-11-26(12-14-27)15-20(28)17-31-22-10-5-4-9-21(22)30-3/h5-14,18,20,25,36-37H,3-4,15-17,19H2,1-2H3;4-10,20,28H,11-17H2,1-3H3,(H,25,29)/t25-,30-;/m1./s1. The Kier molecular flexibility index (Phi) is 19.5. The number of aliphatic hydroxyl groups is 2. The Morgan fingerprint density at radius 3 is 2.15 bits per heavy atom. The number of para-hydroxylation sites is 3. The van der Waals surface area contributed by atoms with Crippen LogP contribution in [0.1, 0.15) is 79.7 Å². The molecule has 4 N–H and O–H groups in total. The van der Waals surface area contributed by atoms with Crippen LogP contribution in [-0.4, -0.2) is 110 Å². The van der Waals surface area contributed by atoms with E-state index in [1.54, 1.807) is 19.2 Å². The number of anilines is 2. The molecule has 1 unspecified atom stereocenters. The summed E-state index contributed by atoms with van der Waals surface area (Å²) in [7, 11) is -2.71. The zero-order valence-corrected chi connectivity index (χ0v) is 42.8. The lowest BCUT2D eigenvalue weighted by molar-refractivity contribution is -0.161. The number of ether oxygens (including phenoxy) is 3. The number of methoxy groups -OCH3 is 1. The first-order valence-electron chi connectivity index (χ1n) is 24.4. The number of nitrogens with zero attached hydrogens (tertiary/aromatic N) is 3. The number of halogens is 3. The van der Waals surface area contributed by atoms with E-state index in [1.165, 1.54) is 12.1 Å². The Hall–Kier alpha value is -6.47. The number of aromatic nitrogens is 1. The van der Waals surface area contributed by atoms with Gasteiger partial charge in [-0.25, -0.2) is 9.78 Å². The summed E-state index contributed by atoms with van der Waals surface area (Å²) in [4.78, 5) is 33.7. The fourth-order valence-electron chi connectivity index (χ4n) is 9.16. The number of amides is 1. The summed E-state index contributed by atoms with van der Waals surface area (Å²) < 4.78 is 83.6. The van der Waals surface area contributed by atoms with Gasteiger partial charge >= 0.3 is 12.1 Å². The monoisotopic (exact) mass is 1030 g/mol. The van der Waals surface area contributed by atoms with Gasteiger partial charge in [-0.2, -0.15) is 21.6 Å². The molecular weight excluding hydrogens is 964 g/mol. The first-order valence-corrected chi connectivity index (χ1v) is 25.9. The van der Waals surface area contributed by atoms with Gasteiger partial charge in [0.25, 0.3) is 10.0 Å². The van der Waals surface area contributed by atoms with E-state index in [0.717, 1.165) is 61.0 Å². The van der Waals surface area contributed by atoms with Crippen molar-refractivity contribution in [3.05, 3.63) is 155 Å². The number of alkyl halides is 3. The zero-order chi connectivity index (χ0) is 52.8. The van der Waals surface area contributed by atoms with E-state index in [2.05, 4.69) is 24.8 Å². The van der Waals surface area contributed by atoms with Gasteiger partial charge in [0.05, 0.1) is 24.8 Å². The number of β-amino-alcohol motifs (C(OH)–C–C–N with tert-alkyl or cyclic N) is 1. The van der Waals surface area contributed by atoms with Crippen LogP contribution in [0.4, 0.5) is 24.5 Å². The Balaban J connectivity index is 0.000000249. The molecule has 2 aliphatic rings. The van der Waals surface area contributed by atoms with Crippen LogP contribution in [0.5, 0.6) is 11.5 Å². The van der Waals surface area contributed by atoms with Gasteiger partial charge in [-0.1, -0.05) is 93.1 Å². The number of pyridine rings is 1. The van der Waals surface area contributed by atoms with Crippen molar-refractivity contribution < 1.29 is 55.6 Å². The maximum absolute atomic E-state index is 13.4. The molecule has 14 nitrogen and oxygen atoms in total. The van der Waals surface area contributed by atoms with Crippen molar-refractivity contribution in [2.45, 2.75) is 95.0 Å². The number of nitrogens with one attached hydrogen (secondary N) is 2. The smallest absolute Gasteiger partial charge is 0.417 e. The van der Waals surface area contributed by atoms with E-state index in [1.807, 2.05) is 100 Å². The molecule has 1 aromatic heterocycles. The first-order chi connectivity index (χ1) is 34.8. The maximum Gasteiger partial charge on any atom is 0.417 e. The van der Waals surface area contributed by atoms with Gasteiger partial charge in [-0.05, 0) is 98.2 Å². The van der Waals surface area contributed by atoms with Crippen LogP contribution in [-0.2, 0) is 36.9 Å². The number of carbonyl (C=O) groups is 2. The topological polar surface area (TPSA) is 180 Å². The summed E-state index contributed by atoms with van der Waals surface area (Å²) in [5.74, 6) is 0.0637. The molecule has 0 aliphatic carbocycles. The first kappa shape index (κ1) is 55.8. The largest absolute Gasteiger partial charge is 0.512 e. The summed E-state index contributed by atoms with van der Waals surface area (Å²) in [6, 6.07) is 31.0. The van der Waals surface area contributed by atoms with Crippen LogP contribution in [0.15, 0.2) is 132 Å². The highest BCUT2D eigenvalue weighted by atomic mass is 32.2. The number of aryl methyl sites for hydroxylation is 3. The Bertz CT molecular complexity index is 2750. The Morgan fingerprint density at radius 2 is 1.53 bits per heavy atom. The molecule has 1 saturated heterocycles. The van der Waals surface area contributed by atoms with Crippen molar-refractivity contribution in [3.8, 4) is 11.5 Å². The number of hydrogen-bond donors (Lipinski definition) is 4. The number of carbonyl (C=O) groups excluding carboxylic acids is 2. The molecule has 4 aromatic carbocycles. The number of rotatable bonds is 20. The molecule has 3 heterocycles. The van der Waals surface area contributed by atoms with Crippen molar-refractivity contribution in [1.82, 2.24) is 14.8 Å². The predicted octanol–water partition coefficient (Wildman–Crippen LogP) is 9.63. The lowest BCUT2D eigenvalue weighted by Gasteiger charge is -2.38. The van der Waals surface area contributed by atoms with Crippen molar-refractivity contribution >= 4 is 33.3 Å². The lowest BCUT2D eigenvalue weighted by Crippen LogP contribution is -2.50. The molecule has 0 spiro atoms. The molecule has 392 valence electrons. The minimum absolute atomic E-state index is 0.0103. The zero-order valence-electron chi connectivity index (χ0n) is 42.0. The van der Waals surface area contributed by atoms with E-state index in [0.29, 0.717) is 68.1 Å². The maximum atomic E-state index is 13.4. The minimum Gasteiger partial charge on any atom is -0.512 e. The third kappa shape index (κ3) is 15.5. The minimum atomic E-state index is -4.65. The fraction of sp³-hybridized carbons (Fsp3) is 0.400. The third-order valence-corrected chi connectivity index (χ3v) is 14.2. The number of sulfonamides is 1. The summed E-state index contributed by atoms with van der Waals surface area (Å²) in [6.45, 7) is 12.2. The molecule has 2 aliphatic heterocycles.